The Morgan fingerprint density at radius 2 is 2.12 bits per heavy atom. The summed E-state index contributed by atoms with van der Waals surface area (Å²) in [5, 5.41) is 7.26. The molecule has 0 amide bonds. The lowest BCUT2D eigenvalue weighted by Gasteiger charge is -2.20. The summed E-state index contributed by atoms with van der Waals surface area (Å²) in [5.41, 5.74) is 0.958. The molecule has 0 spiro atoms. The molecule has 1 saturated heterocycles. The van der Waals surface area contributed by atoms with Gasteiger partial charge in [-0.2, -0.15) is 4.98 Å². The van der Waals surface area contributed by atoms with E-state index in [1.165, 1.54) is 0 Å². The van der Waals surface area contributed by atoms with E-state index in [1.807, 2.05) is 30.3 Å². The van der Waals surface area contributed by atoms with Crippen LogP contribution in [0.2, 0.25) is 0 Å². The second-order valence-corrected chi connectivity index (χ2v) is 3.90. The minimum absolute atomic E-state index is 0.00807. The number of morpholine rings is 1. The normalized spacial score (nSPS) is 20.4. The molecule has 1 aromatic carbocycles. The van der Waals surface area contributed by atoms with Crippen molar-refractivity contribution in [2.45, 2.75) is 6.04 Å². The topological polar surface area (TPSA) is 60.2 Å². The van der Waals surface area contributed by atoms with Crippen LogP contribution in [0.1, 0.15) is 11.9 Å². The Morgan fingerprint density at radius 1 is 1.24 bits per heavy atom. The molecule has 1 N–H and O–H groups in total. The number of rotatable bonds is 2. The van der Waals surface area contributed by atoms with Crippen molar-refractivity contribution >= 4 is 0 Å². The summed E-state index contributed by atoms with van der Waals surface area (Å²) in [6.07, 6.45) is 0. The Morgan fingerprint density at radius 3 is 2.88 bits per heavy atom. The summed E-state index contributed by atoms with van der Waals surface area (Å²) in [5.74, 6) is 1.21. The van der Waals surface area contributed by atoms with Gasteiger partial charge in [-0.05, 0) is 0 Å². The Balaban J connectivity index is 1.83. The molecule has 5 nitrogen and oxygen atoms in total. The van der Waals surface area contributed by atoms with Gasteiger partial charge in [-0.25, -0.2) is 0 Å². The Labute approximate surface area is 98.8 Å². The highest BCUT2D eigenvalue weighted by Crippen LogP contribution is 2.19. The molecular weight excluding hydrogens is 218 g/mol. The first-order valence-electron chi connectivity index (χ1n) is 5.63. The molecule has 0 unspecified atom stereocenters. The van der Waals surface area contributed by atoms with Crippen molar-refractivity contribution in [2.24, 2.45) is 0 Å². The van der Waals surface area contributed by atoms with E-state index in [2.05, 4.69) is 15.5 Å². The SMILES string of the molecule is c1ccc(-c2noc([C@H]3COCCN3)n2)cc1. The van der Waals surface area contributed by atoms with Gasteiger partial charge in [0.15, 0.2) is 0 Å². The second-order valence-electron chi connectivity index (χ2n) is 3.90. The largest absolute Gasteiger partial charge is 0.378 e. The molecule has 0 bridgehead atoms. The van der Waals surface area contributed by atoms with Crippen molar-refractivity contribution in [3.8, 4) is 11.4 Å². The zero-order chi connectivity index (χ0) is 11.5. The van der Waals surface area contributed by atoms with Crippen LogP contribution in [0.25, 0.3) is 11.4 Å². The maximum absolute atomic E-state index is 5.36. The van der Waals surface area contributed by atoms with Gasteiger partial charge in [0.1, 0.15) is 6.04 Å². The summed E-state index contributed by atoms with van der Waals surface area (Å²) >= 11 is 0. The lowest BCUT2D eigenvalue weighted by atomic mass is 10.2. The van der Waals surface area contributed by atoms with Gasteiger partial charge in [-0.3, -0.25) is 0 Å². The van der Waals surface area contributed by atoms with Gasteiger partial charge in [-0.15, -0.1) is 0 Å². The van der Waals surface area contributed by atoms with Crippen LogP contribution < -0.4 is 5.32 Å². The zero-order valence-corrected chi connectivity index (χ0v) is 9.30. The third kappa shape index (κ3) is 2.20. The Bertz CT molecular complexity index is 478. The molecule has 2 heterocycles. The van der Waals surface area contributed by atoms with Gasteiger partial charge in [0.05, 0.1) is 13.2 Å². The van der Waals surface area contributed by atoms with E-state index in [9.17, 15) is 0 Å². The van der Waals surface area contributed by atoms with E-state index in [0.29, 0.717) is 18.3 Å². The predicted molar refractivity (Wildman–Crippen MR) is 61.3 cm³/mol. The molecule has 0 saturated carbocycles. The van der Waals surface area contributed by atoms with Crippen LogP contribution in [0, 0.1) is 0 Å². The minimum Gasteiger partial charge on any atom is -0.378 e. The van der Waals surface area contributed by atoms with Crippen molar-refractivity contribution in [3.05, 3.63) is 36.2 Å². The number of hydrogen-bond acceptors (Lipinski definition) is 5. The monoisotopic (exact) mass is 231 g/mol. The van der Waals surface area contributed by atoms with Crippen LogP contribution in [-0.2, 0) is 4.74 Å². The minimum atomic E-state index is 0.00807. The molecule has 2 aromatic rings. The molecule has 0 aliphatic carbocycles. The number of hydrogen-bond donors (Lipinski definition) is 1. The van der Waals surface area contributed by atoms with Gasteiger partial charge in [0.2, 0.25) is 11.7 Å². The quantitative estimate of drug-likeness (QED) is 0.846. The average molecular weight is 231 g/mol. The van der Waals surface area contributed by atoms with Gasteiger partial charge in [-0.1, -0.05) is 35.5 Å². The van der Waals surface area contributed by atoms with Gasteiger partial charge in [0.25, 0.3) is 0 Å². The van der Waals surface area contributed by atoms with E-state index < -0.39 is 0 Å². The molecule has 1 atom stereocenters. The highest BCUT2D eigenvalue weighted by molar-refractivity contribution is 5.53. The zero-order valence-electron chi connectivity index (χ0n) is 9.30. The maximum atomic E-state index is 5.36. The lowest BCUT2D eigenvalue weighted by Crippen LogP contribution is -2.34. The smallest absolute Gasteiger partial charge is 0.246 e. The summed E-state index contributed by atoms with van der Waals surface area (Å²) in [6, 6.07) is 9.79. The summed E-state index contributed by atoms with van der Waals surface area (Å²) in [6.45, 7) is 2.13. The van der Waals surface area contributed by atoms with Gasteiger partial charge < -0.3 is 14.6 Å². The summed E-state index contributed by atoms with van der Waals surface area (Å²) in [7, 11) is 0. The number of nitrogens with zero attached hydrogens (tertiary/aromatic N) is 2. The standard InChI is InChI=1S/C12H13N3O2/c1-2-4-9(5-3-1)11-14-12(17-15-11)10-8-16-7-6-13-10/h1-5,10,13H,6-8H2/t10-/m1/s1. The Hall–Kier alpha value is -1.72. The fourth-order valence-electron chi connectivity index (χ4n) is 1.81. The first-order valence-corrected chi connectivity index (χ1v) is 5.63. The predicted octanol–water partition coefficient (Wildman–Crippen LogP) is 1.40. The van der Waals surface area contributed by atoms with Crippen molar-refractivity contribution < 1.29 is 9.26 Å². The van der Waals surface area contributed by atoms with E-state index >= 15 is 0 Å². The lowest BCUT2D eigenvalue weighted by molar-refractivity contribution is 0.0659. The van der Waals surface area contributed by atoms with Gasteiger partial charge in [0, 0.05) is 12.1 Å². The van der Waals surface area contributed by atoms with Crippen molar-refractivity contribution in [1.82, 2.24) is 15.5 Å². The van der Waals surface area contributed by atoms with Crippen LogP contribution in [-0.4, -0.2) is 29.9 Å². The van der Waals surface area contributed by atoms with E-state index in [1.54, 1.807) is 0 Å². The maximum Gasteiger partial charge on any atom is 0.246 e. The third-order valence-corrected chi connectivity index (χ3v) is 2.69. The van der Waals surface area contributed by atoms with Crippen LogP contribution in [0.4, 0.5) is 0 Å². The molecule has 5 heteroatoms. The van der Waals surface area contributed by atoms with Gasteiger partial charge >= 0.3 is 0 Å². The molecule has 0 radical (unpaired) electrons. The molecular formula is C12H13N3O2. The van der Waals surface area contributed by atoms with Crippen LogP contribution >= 0.6 is 0 Å². The summed E-state index contributed by atoms with van der Waals surface area (Å²) in [4.78, 5) is 4.38. The van der Waals surface area contributed by atoms with E-state index in [-0.39, 0.29) is 6.04 Å². The average Bonchev–Trinajstić information content (AvgIpc) is 2.90. The molecule has 1 aliphatic rings. The molecule has 88 valence electrons. The fourth-order valence-corrected chi connectivity index (χ4v) is 1.81. The molecule has 1 aliphatic heterocycles. The molecule has 17 heavy (non-hydrogen) atoms. The fraction of sp³-hybridized carbons (Fsp3) is 0.333. The van der Waals surface area contributed by atoms with Crippen molar-refractivity contribution in [2.75, 3.05) is 19.8 Å². The number of aromatic nitrogens is 2. The first kappa shape index (κ1) is 10.4. The van der Waals surface area contributed by atoms with Crippen molar-refractivity contribution in [1.29, 1.82) is 0 Å². The Kier molecular flexibility index (Phi) is 2.85. The number of benzene rings is 1. The first-order chi connectivity index (χ1) is 8.43. The summed E-state index contributed by atoms with van der Waals surface area (Å²) < 4.78 is 10.6. The number of ether oxygens (including phenoxy) is 1. The van der Waals surface area contributed by atoms with Crippen LogP contribution in [0.3, 0.4) is 0 Å². The van der Waals surface area contributed by atoms with Crippen LogP contribution in [0.15, 0.2) is 34.9 Å². The molecule has 1 fully saturated rings. The van der Waals surface area contributed by atoms with Crippen molar-refractivity contribution in [3.63, 3.8) is 0 Å². The molecule has 3 rings (SSSR count). The highest BCUT2D eigenvalue weighted by Gasteiger charge is 2.21. The van der Waals surface area contributed by atoms with Crippen LogP contribution in [0.5, 0.6) is 0 Å². The number of nitrogens with one attached hydrogen (secondary N) is 1. The van der Waals surface area contributed by atoms with E-state index in [0.717, 1.165) is 18.7 Å². The second kappa shape index (κ2) is 4.65. The third-order valence-electron chi connectivity index (χ3n) is 2.69. The molecule has 1 aromatic heterocycles. The van der Waals surface area contributed by atoms with E-state index in [4.69, 9.17) is 9.26 Å². The highest BCUT2D eigenvalue weighted by atomic mass is 16.5.